The first-order valence-corrected chi connectivity index (χ1v) is 10.6. The lowest BCUT2D eigenvalue weighted by Crippen LogP contribution is -2.50. The van der Waals surface area contributed by atoms with E-state index >= 15 is 0 Å². The molecule has 0 radical (unpaired) electrons. The number of nitrogen functional groups attached to an aromatic ring is 1. The third-order valence-electron chi connectivity index (χ3n) is 5.21. The number of carbonyl (C=O) groups is 1. The average Bonchev–Trinajstić information content (AvgIpc) is 3.22. The van der Waals surface area contributed by atoms with E-state index < -0.39 is 10.0 Å². The maximum Gasteiger partial charge on any atom is 0.266 e. The van der Waals surface area contributed by atoms with Crippen LogP contribution in [0.4, 0.5) is 5.69 Å². The molecule has 0 saturated carbocycles. The van der Waals surface area contributed by atoms with Crippen molar-refractivity contribution in [2.75, 3.05) is 25.1 Å². The first-order chi connectivity index (χ1) is 11.7. The summed E-state index contributed by atoms with van der Waals surface area (Å²) < 4.78 is 25.1. The number of thiophene rings is 1. The first kappa shape index (κ1) is 16.7. The second kappa shape index (κ2) is 5.36. The number of amides is 1. The summed E-state index contributed by atoms with van der Waals surface area (Å²) in [5, 5.41) is 9.05. The fourth-order valence-electron chi connectivity index (χ4n) is 3.82. The lowest BCUT2D eigenvalue weighted by molar-refractivity contribution is 0.0688. The summed E-state index contributed by atoms with van der Waals surface area (Å²) in [4.78, 5) is 15.9. The highest BCUT2D eigenvalue weighted by atomic mass is 32.2. The second-order valence-corrected chi connectivity index (χ2v) is 9.70. The molecule has 134 valence electrons. The van der Waals surface area contributed by atoms with Gasteiger partial charge in [-0.05, 0) is 25.8 Å². The number of aromatic nitrogens is 2. The number of nitrogens with two attached hydrogens (primary N) is 1. The van der Waals surface area contributed by atoms with E-state index in [-0.39, 0.29) is 18.0 Å². The minimum Gasteiger partial charge on any atom is -0.397 e. The molecule has 25 heavy (non-hydrogen) atoms. The quantitative estimate of drug-likeness (QED) is 0.822. The summed E-state index contributed by atoms with van der Waals surface area (Å²) in [6, 6.07) is -0.228. The summed E-state index contributed by atoms with van der Waals surface area (Å²) >= 11 is 1.25. The van der Waals surface area contributed by atoms with Gasteiger partial charge in [-0.2, -0.15) is 9.40 Å². The van der Waals surface area contributed by atoms with Crippen LogP contribution in [0.15, 0.2) is 0 Å². The van der Waals surface area contributed by atoms with Crippen molar-refractivity contribution in [2.24, 2.45) is 0 Å². The second-order valence-electron chi connectivity index (χ2n) is 6.77. The summed E-state index contributed by atoms with van der Waals surface area (Å²) in [6.45, 7) is 4.55. The van der Waals surface area contributed by atoms with Crippen molar-refractivity contribution in [3.63, 3.8) is 0 Å². The maximum atomic E-state index is 13.0. The number of hydrogen-bond donors (Lipinski definition) is 1. The van der Waals surface area contributed by atoms with E-state index in [4.69, 9.17) is 5.73 Å². The highest BCUT2D eigenvalue weighted by molar-refractivity contribution is 7.88. The number of likely N-dealkylation sites (tertiary alicyclic amines) is 1. The molecule has 2 saturated heterocycles. The molecule has 1 amide bonds. The molecule has 4 heterocycles. The molecule has 2 aliphatic heterocycles. The SMILES string of the molecule is Cc1nnc2sc(C(=O)N3C[C@@H]4C[C@@H]3CN4S(C)(=O)=O)c(N)c2c1C. The smallest absolute Gasteiger partial charge is 0.266 e. The van der Waals surface area contributed by atoms with Gasteiger partial charge in [0.1, 0.15) is 9.71 Å². The molecule has 2 atom stereocenters. The number of carbonyl (C=O) groups excluding carboxylic acids is 1. The van der Waals surface area contributed by atoms with Gasteiger partial charge in [-0.3, -0.25) is 4.79 Å². The average molecular weight is 381 g/mol. The van der Waals surface area contributed by atoms with Crippen molar-refractivity contribution in [3.8, 4) is 0 Å². The maximum absolute atomic E-state index is 13.0. The van der Waals surface area contributed by atoms with Crippen molar-refractivity contribution < 1.29 is 13.2 Å². The van der Waals surface area contributed by atoms with Crippen molar-refractivity contribution in [2.45, 2.75) is 32.4 Å². The Hall–Kier alpha value is -1.78. The highest BCUT2D eigenvalue weighted by Crippen LogP contribution is 2.39. The van der Waals surface area contributed by atoms with Crippen LogP contribution in [0.25, 0.3) is 10.2 Å². The molecule has 0 aromatic carbocycles. The topological polar surface area (TPSA) is 109 Å². The summed E-state index contributed by atoms with van der Waals surface area (Å²) in [5.74, 6) is -0.141. The molecule has 2 N–H and O–H groups in total. The Morgan fingerprint density at radius 1 is 1.24 bits per heavy atom. The van der Waals surface area contributed by atoms with Crippen molar-refractivity contribution in [3.05, 3.63) is 16.1 Å². The molecule has 2 aliphatic rings. The van der Waals surface area contributed by atoms with Gasteiger partial charge in [0.05, 0.1) is 17.6 Å². The van der Waals surface area contributed by atoms with Crippen LogP contribution in [0.5, 0.6) is 0 Å². The zero-order valence-electron chi connectivity index (χ0n) is 14.2. The largest absolute Gasteiger partial charge is 0.397 e. The highest BCUT2D eigenvalue weighted by Gasteiger charge is 2.49. The molecule has 4 rings (SSSR count). The van der Waals surface area contributed by atoms with Crippen LogP contribution in [0, 0.1) is 13.8 Å². The van der Waals surface area contributed by atoms with Gasteiger partial charge >= 0.3 is 0 Å². The van der Waals surface area contributed by atoms with Gasteiger partial charge in [0.25, 0.3) is 5.91 Å². The zero-order chi connectivity index (χ0) is 18.1. The van der Waals surface area contributed by atoms with E-state index in [1.807, 2.05) is 13.8 Å². The molecule has 2 aromatic rings. The van der Waals surface area contributed by atoms with Gasteiger partial charge in [-0.15, -0.1) is 16.4 Å². The van der Waals surface area contributed by atoms with Crippen LogP contribution >= 0.6 is 11.3 Å². The van der Waals surface area contributed by atoms with Gasteiger partial charge in [0.15, 0.2) is 0 Å². The number of rotatable bonds is 2. The van der Waals surface area contributed by atoms with Crippen LogP contribution in [0.1, 0.15) is 27.3 Å². The van der Waals surface area contributed by atoms with E-state index in [9.17, 15) is 13.2 Å². The van der Waals surface area contributed by atoms with Gasteiger partial charge < -0.3 is 10.6 Å². The third-order valence-corrected chi connectivity index (χ3v) is 7.58. The minimum atomic E-state index is -3.23. The standard InChI is InChI=1S/C15H19N5O3S2/c1-7-8(2)17-18-14-11(7)12(16)13(24-14)15(21)19-5-10-4-9(19)6-20(10)25(3,22)23/h9-10H,4-6,16H2,1-3H3/t9-,10+/m1/s1. The predicted molar refractivity (Wildman–Crippen MR) is 96.1 cm³/mol. The number of fused-ring (bicyclic) bond motifs is 3. The molecular formula is C15H19N5O3S2. The lowest BCUT2D eigenvalue weighted by Gasteiger charge is -2.32. The Morgan fingerprint density at radius 2 is 1.96 bits per heavy atom. The Morgan fingerprint density at radius 3 is 2.56 bits per heavy atom. The number of anilines is 1. The molecule has 2 aromatic heterocycles. The van der Waals surface area contributed by atoms with Crippen molar-refractivity contribution in [1.29, 1.82) is 0 Å². The molecule has 0 unspecified atom stereocenters. The number of hydrogen-bond acceptors (Lipinski definition) is 7. The van der Waals surface area contributed by atoms with Gasteiger partial charge in [-0.25, -0.2) is 8.42 Å². The van der Waals surface area contributed by atoms with Crippen LogP contribution in [0.2, 0.25) is 0 Å². The van der Waals surface area contributed by atoms with Gasteiger partial charge in [-0.1, -0.05) is 0 Å². The predicted octanol–water partition coefficient (Wildman–Crippen LogP) is 0.749. The summed E-state index contributed by atoms with van der Waals surface area (Å²) in [7, 11) is -3.23. The Kier molecular flexibility index (Phi) is 3.57. The van der Waals surface area contributed by atoms with Crippen LogP contribution in [0.3, 0.4) is 0 Å². The fraction of sp³-hybridized carbons (Fsp3) is 0.533. The Labute approximate surface area is 149 Å². The third kappa shape index (κ3) is 2.42. The van der Waals surface area contributed by atoms with Crippen molar-refractivity contribution in [1.82, 2.24) is 19.4 Å². The van der Waals surface area contributed by atoms with Crippen LogP contribution in [-0.2, 0) is 10.0 Å². The molecule has 2 bridgehead atoms. The molecule has 10 heteroatoms. The Balaban J connectivity index is 1.67. The molecular weight excluding hydrogens is 362 g/mol. The zero-order valence-corrected chi connectivity index (χ0v) is 15.8. The summed E-state index contributed by atoms with van der Waals surface area (Å²) in [6.07, 6.45) is 1.90. The monoisotopic (exact) mass is 381 g/mol. The van der Waals surface area contributed by atoms with E-state index in [1.165, 1.54) is 21.9 Å². The molecule has 0 aliphatic carbocycles. The van der Waals surface area contributed by atoms with Gasteiger partial charge in [0, 0.05) is 30.6 Å². The first-order valence-electron chi connectivity index (χ1n) is 7.98. The molecule has 8 nitrogen and oxygen atoms in total. The van der Waals surface area contributed by atoms with Gasteiger partial charge in [0.2, 0.25) is 10.0 Å². The number of sulfonamides is 1. The van der Waals surface area contributed by atoms with E-state index in [1.54, 1.807) is 4.90 Å². The number of nitrogens with zero attached hydrogens (tertiary/aromatic N) is 4. The molecule has 0 spiro atoms. The Bertz CT molecular complexity index is 1000. The number of aryl methyl sites for hydroxylation is 2. The van der Waals surface area contributed by atoms with E-state index in [0.717, 1.165) is 16.6 Å². The molecule has 2 fully saturated rings. The van der Waals surface area contributed by atoms with E-state index in [2.05, 4.69) is 10.2 Å². The number of piperazine rings is 1. The van der Waals surface area contributed by atoms with Crippen LogP contribution in [-0.4, -0.2) is 65.2 Å². The lowest BCUT2D eigenvalue weighted by atomic mass is 10.1. The van der Waals surface area contributed by atoms with Crippen LogP contribution < -0.4 is 5.73 Å². The fourth-order valence-corrected chi connectivity index (χ4v) is 6.01. The minimum absolute atomic E-state index is 0.0919. The van der Waals surface area contributed by atoms with E-state index in [0.29, 0.717) is 34.9 Å². The normalized spacial score (nSPS) is 23.7. The van der Waals surface area contributed by atoms with Crippen molar-refractivity contribution >= 4 is 43.2 Å². The summed E-state index contributed by atoms with van der Waals surface area (Å²) in [5.41, 5.74) is 8.43.